The van der Waals surface area contributed by atoms with Crippen LogP contribution in [0.1, 0.15) is 142 Å². The molecule has 11 aliphatic rings. The lowest BCUT2D eigenvalue weighted by Crippen LogP contribution is -2.61. The number of aliphatic hydroxyl groups is 1. The fourth-order valence-corrected chi connectivity index (χ4v) is 17.7. The van der Waals surface area contributed by atoms with Crippen LogP contribution in [0.4, 0.5) is 15.3 Å². The first-order chi connectivity index (χ1) is 58.5. The van der Waals surface area contributed by atoms with Crippen LogP contribution in [0.25, 0.3) is 0 Å². The average molecular weight is 1710 g/mol. The minimum absolute atomic E-state index is 0.00683. The molecule has 1 aromatic carbocycles. The molecular weight excluding hydrogens is 1580 g/mol. The molecule has 1 spiro atoms. The van der Waals surface area contributed by atoms with Gasteiger partial charge in [0.15, 0.2) is 11.6 Å². The summed E-state index contributed by atoms with van der Waals surface area (Å²) < 4.78 is 111. The number of Topliss-reactive ketones (excluding diaryl/α,β-unsaturated/α-hetero) is 2. The molecule has 8 amide bonds. The summed E-state index contributed by atoms with van der Waals surface area (Å²) in [7, 11) is 1.58. The van der Waals surface area contributed by atoms with E-state index < -0.39 is 102 Å². The third kappa shape index (κ3) is 28.6. The number of alkyl carbamates (subject to hydrolysis) is 1. The fraction of sp³-hybridized carbons (Fsp3) is 0.756. The van der Waals surface area contributed by atoms with Crippen molar-refractivity contribution in [2.24, 2.45) is 29.4 Å². The van der Waals surface area contributed by atoms with Gasteiger partial charge in [0.05, 0.1) is 179 Å². The van der Waals surface area contributed by atoms with Crippen LogP contribution in [0.2, 0.25) is 0 Å². The lowest BCUT2D eigenvalue weighted by Gasteiger charge is -2.47. The normalized spacial score (nSPS) is 30.1. The van der Waals surface area contributed by atoms with Gasteiger partial charge in [0, 0.05) is 121 Å². The maximum atomic E-state index is 14.6. The summed E-state index contributed by atoms with van der Waals surface area (Å²) >= 11 is 0. The van der Waals surface area contributed by atoms with E-state index in [2.05, 4.69) is 46.7 Å². The number of amides is 8. The molecule has 0 aliphatic carbocycles. The highest BCUT2D eigenvalue weighted by Crippen LogP contribution is 2.55. The van der Waals surface area contributed by atoms with Crippen molar-refractivity contribution in [3.63, 3.8) is 0 Å². The molecule has 12 rings (SSSR count). The number of primary amides is 1. The molecular formula is C86H129N7O28. The van der Waals surface area contributed by atoms with Crippen LogP contribution in [0.5, 0.6) is 0 Å². The minimum Gasteiger partial charge on any atom is -0.445 e. The highest BCUT2D eigenvalue weighted by molar-refractivity contribution is 6.13. The van der Waals surface area contributed by atoms with Crippen LogP contribution in [0.15, 0.2) is 60.7 Å². The topological polar surface area (TPSA) is 429 Å². The Morgan fingerprint density at radius 1 is 0.620 bits per heavy atom. The van der Waals surface area contributed by atoms with Crippen molar-refractivity contribution < 1.29 is 134 Å². The average Bonchev–Trinajstić information content (AvgIpc) is 1.54. The van der Waals surface area contributed by atoms with Crippen molar-refractivity contribution in [1.29, 1.82) is 0 Å². The van der Waals surface area contributed by atoms with Gasteiger partial charge in [-0.1, -0.05) is 46.1 Å². The molecule has 35 nitrogen and oxygen atoms in total. The second kappa shape index (κ2) is 48.0. The second-order valence-corrected chi connectivity index (χ2v) is 33.3. The number of aliphatic hydroxyl groups excluding tert-OH is 1. The van der Waals surface area contributed by atoms with Crippen molar-refractivity contribution in [1.82, 2.24) is 26.2 Å². The molecule has 0 radical (unpaired) electrons. The second-order valence-electron chi connectivity index (χ2n) is 33.3. The largest absolute Gasteiger partial charge is 0.445 e. The number of urea groups is 1. The molecule has 1 aromatic rings. The van der Waals surface area contributed by atoms with Crippen LogP contribution in [-0.4, -0.2) is 312 Å². The summed E-state index contributed by atoms with van der Waals surface area (Å²) in [5.41, 5.74) is 8.33. The Morgan fingerprint density at radius 3 is 1.88 bits per heavy atom. The Bertz CT molecular complexity index is 3580. The van der Waals surface area contributed by atoms with Crippen molar-refractivity contribution in [3.05, 3.63) is 66.3 Å². The van der Waals surface area contributed by atoms with Crippen molar-refractivity contribution in [3.8, 4) is 0 Å². The summed E-state index contributed by atoms with van der Waals surface area (Å²) in [6.45, 7) is 20.2. The van der Waals surface area contributed by atoms with Crippen molar-refractivity contribution in [2.45, 2.75) is 252 Å². The van der Waals surface area contributed by atoms with Crippen LogP contribution >= 0.6 is 0 Å². The zero-order valence-electron chi connectivity index (χ0n) is 70.6. The van der Waals surface area contributed by atoms with Crippen LogP contribution in [0, 0.1) is 23.7 Å². The van der Waals surface area contributed by atoms with Crippen molar-refractivity contribution >= 4 is 58.9 Å². The Morgan fingerprint density at radius 2 is 1.23 bits per heavy atom. The van der Waals surface area contributed by atoms with E-state index in [1.807, 2.05) is 0 Å². The van der Waals surface area contributed by atoms with Gasteiger partial charge in [0.25, 0.3) is 11.8 Å². The fourth-order valence-electron chi connectivity index (χ4n) is 17.7. The summed E-state index contributed by atoms with van der Waals surface area (Å²) in [6.07, 6.45) is 3.05. The molecule has 0 unspecified atom stereocenters. The quantitative estimate of drug-likeness (QED) is 0.0269. The monoisotopic (exact) mass is 1710 g/mol. The van der Waals surface area contributed by atoms with Gasteiger partial charge in [-0.15, -0.1) is 0 Å². The summed E-state index contributed by atoms with van der Waals surface area (Å²) in [5, 5.41) is 25.2. The maximum absolute atomic E-state index is 14.6. The van der Waals surface area contributed by atoms with Gasteiger partial charge in [-0.2, -0.15) is 0 Å². The molecule has 10 fully saturated rings. The van der Waals surface area contributed by atoms with E-state index in [0.717, 1.165) is 48.2 Å². The van der Waals surface area contributed by atoms with E-state index in [1.54, 1.807) is 45.2 Å². The Balaban J connectivity index is 0.544. The molecule has 11 aliphatic heterocycles. The van der Waals surface area contributed by atoms with Gasteiger partial charge < -0.3 is 123 Å². The van der Waals surface area contributed by atoms with Gasteiger partial charge in [-0.25, -0.2) is 9.59 Å². The van der Waals surface area contributed by atoms with Gasteiger partial charge in [0.2, 0.25) is 17.7 Å². The zero-order chi connectivity index (χ0) is 85.8. The predicted molar refractivity (Wildman–Crippen MR) is 432 cm³/mol. The van der Waals surface area contributed by atoms with Crippen molar-refractivity contribution in [2.75, 3.05) is 144 Å². The molecule has 0 aromatic heterocycles. The number of hydrogen-bond acceptors (Lipinski definition) is 28. The van der Waals surface area contributed by atoms with E-state index >= 15 is 0 Å². The highest BCUT2D eigenvalue weighted by Gasteiger charge is 2.69. The predicted octanol–water partition coefficient (Wildman–Crippen LogP) is 4.46. The number of carbonyl (C=O) groups is 9. The highest BCUT2D eigenvalue weighted by atomic mass is 16.8. The minimum atomic E-state index is -1.11. The molecule has 11 heterocycles. The first-order valence-corrected chi connectivity index (χ1v) is 43.4. The molecule has 676 valence electrons. The molecule has 21 atom stereocenters. The summed E-state index contributed by atoms with van der Waals surface area (Å²) in [6, 6.07) is 4.96. The van der Waals surface area contributed by atoms with E-state index in [4.69, 9.17) is 91.0 Å². The van der Waals surface area contributed by atoms with Gasteiger partial charge in [-0.05, 0) is 98.5 Å². The smallest absolute Gasteiger partial charge is 0.407 e. The van der Waals surface area contributed by atoms with E-state index in [1.165, 1.54) is 12.2 Å². The number of fused-ring (bicyclic) bond motifs is 6. The number of anilines is 1. The number of nitrogens with zero attached hydrogens (tertiary/aromatic N) is 1. The third-order valence-electron chi connectivity index (χ3n) is 24.1. The number of nitrogens with one attached hydrogen (secondary N) is 5. The lowest BCUT2D eigenvalue weighted by atomic mass is 9.81. The maximum Gasteiger partial charge on any atom is 0.407 e. The number of benzene rings is 1. The number of ether oxygens (including phenoxy) is 18. The van der Waals surface area contributed by atoms with Gasteiger partial charge in [-0.3, -0.25) is 38.5 Å². The molecule has 10 saturated heterocycles. The number of imide groups is 1. The molecule has 121 heavy (non-hydrogen) atoms. The molecule has 35 heteroatoms. The summed E-state index contributed by atoms with van der Waals surface area (Å²) in [4.78, 5) is 116. The van der Waals surface area contributed by atoms with E-state index in [9.17, 15) is 48.3 Å². The number of methoxy groups -OCH3 is 1. The lowest BCUT2D eigenvalue weighted by molar-refractivity contribution is -0.292. The number of hydrogen-bond donors (Lipinski definition) is 7. The number of nitrogens with two attached hydrogens (primary N) is 1. The molecule has 12 bridgehead atoms. The zero-order valence-corrected chi connectivity index (χ0v) is 70.6. The molecule has 0 saturated carbocycles. The van der Waals surface area contributed by atoms with Crippen LogP contribution in [-0.2, 0) is 125 Å². The first kappa shape index (κ1) is 94.8. The Labute approximate surface area is 708 Å². The SMILES string of the molecule is C=C1C[C@@H]2CC[C@@]34C[C@H]5O[C@H]6[C@@H](O3)[C@H]3O[C@H](CC[C@@H]3O[C@H]6[C@H]5O4)CC(=O)C[C@@H]3[C@@H](OC)[C@@H](C[C@H](O)CNC(=O)OCc4ccc(NC(=O)[C@H](CCCNC(N)=O)CC(=O)[C@@H](NC(=O)CCOCCOCCOCCOCCOCCOCCOCCOCCNC(=O)CCN5C(=O)C=CC5=O)C(C)C)cc4)O[C@H]3C[C@H]3O[C@@H](CC[C@@H]1O2)C[C@@H](C)C3=C. The first-order valence-electron chi connectivity index (χ1n) is 43.4. The standard InChI is InChI=1S/C86H129N7O28/c1-52(2)76(92-73(98)21-26-105-28-30-107-32-34-109-36-38-111-40-41-112-39-37-110-35-33-108-31-29-106-27-24-88-72(97)20-25-93-74(99)17-18-75(93)100)65(96)44-57(8-7-23-89-84(87)102)83(101)91-58-11-9-56(10-12-58)51-113-85(103)90-50-60(95)47-70-77(104-6)64-46-59(94)45-62-14-16-67-78(116-62)82-81-80(118-67)79-71(119-81)49-86(120-79,121-82)22-19-63-43-54(4)66(114-63)15-13-61-42-53(3)55(5)68(115-61)48-69(64)117-70/h9-12,17-18,52-53,57,60-64,66-71,76-82,95H,4-5,7-8,13-16,19-51H2,1-3,6H3,(H,88,97)(H,90,103)(H,91,101)(H,92,98)(H3,87,89,102)/t53-,57-,60+,61+,62-,63+,64+,66+,67+,68-,69+,70-,71-,76+,77-,78+,79+,80+,81-,82+,86+/m1/s1. The van der Waals surface area contributed by atoms with E-state index in [0.29, 0.717) is 142 Å². The van der Waals surface area contributed by atoms with Crippen LogP contribution in [0.3, 0.4) is 0 Å². The third-order valence-corrected chi connectivity index (χ3v) is 24.1. The van der Waals surface area contributed by atoms with Gasteiger partial charge in [0.1, 0.15) is 42.9 Å². The number of rotatable bonds is 48. The summed E-state index contributed by atoms with van der Waals surface area (Å²) in [5.74, 6) is -4.65. The number of ketones is 2. The Hall–Kier alpha value is -6.85. The van der Waals surface area contributed by atoms with Crippen LogP contribution < -0.4 is 32.3 Å². The Kier molecular flexibility index (Phi) is 37.6. The molecule has 8 N–H and O–H groups in total. The number of carbonyl (C=O) groups excluding carboxylic acids is 9. The van der Waals surface area contributed by atoms with E-state index in [-0.39, 0.29) is 175 Å². The van der Waals surface area contributed by atoms with Gasteiger partial charge >= 0.3 is 12.1 Å².